The van der Waals surface area contributed by atoms with E-state index in [0.29, 0.717) is 10.9 Å². The molecular weight excluding hydrogens is 444 g/mol. The van der Waals surface area contributed by atoms with Gasteiger partial charge in [0.25, 0.3) is 0 Å². The van der Waals surface area contributed by atoms with Gasteiger partial charge in [-0.05, 0) is 56.7 Å². The van der Waals surface area contributed by atoms with E-state index in [1.54, 1.807) is 17.7 Å². The zero-order valence-electron chi connectivity index (χ0n) is 17.6. The lowest BCUT2D eigenvalue weighted by Gasteiger charge is -2.08. The van der Waals surface area contributed by atoms with Crippen LogP contribution in [0.3, 0.4) is 0 Å². The number of thiazole rings is 1. The summed E-state index contributed by atoms with van der Waals surface area (Å²) < 4.78 is 0. The molecule has 1 amide bonds. The molecule has 0 saturated heterocycles. The Morgan fingerprint density at radius 2 is 1.97 bits per heavy atom. The van der Waals surface area contributed by atoms with Crippen LogP contribution in [0.1, 0.15) is 33.6 Å². The van der Waals surface area contributed by atoms with Gasteiger partial charge in [0.2, 0.25) is 5.91 Å². The van der Waals surface area contributed by atoms with Crippen molar-refractivity contribution in [2.75, 3.05) is 11.1 Å². The molecule has 0 fully saturated rings. The van der Waals surface area contributed by atoms with Crippen LogP contribution < -0.4 is 5.32 Å². The van der Waals surface area contributed by atoms with Crippen molar-refractivity contribution in [1.29, 1.82) is 0 Å². The summed E-state index contributed by atoms with van der Waals surface area (Å²) in [6.45, 7) is 6.31. The number of nitrogens with one attached hydrogen (secondary N) is 1. The zero-order chi connectivity index (χ0) is 21.5. The SMILES string of the molecule is Cc1cc(C)c(-c2csc(NC(=O)CSc3ncnc4sc5c(c34)CCC5)n2)c(C)c1. The number of fused-ring (bicyclic) bond motifs is 3. The van der Waals surface area contributed by atoms with Gasteiger partial charge in [0.15, 0.2) is 5.13 Å². The Kier molecular flexibility index (Phi) is 5.54. The molecule has 0 aliphatic heterocycles. The van der Waals surface area contributed by atoms with Gasteiger partial charge in [0.05, 0.1) is 11.4 Å². The normalized spacial score (nSPS) is 13.0. The number of hydrogen-bond donors (Lipinski definition) is 1. The Morgan fingerprint density at radius 3 is 2.77 bits per heavy atom. The Labute approximate surface area is 193 Å². The fourth-order valence-electron chi connectivity index (χ4n) is 4.33. The number of carbonyl (C=O) groups excluding carboxylic acids is 1. The Morgan fingerprint density at radius 1 is 1.16 bits per heavy atom. The number of rotatable bonds is 5. The summed E-state index contributed by atoms with van der Waals surface area (Å²) in [7, 11) is 0. The molecule has 8 heteroatoms. The summed E-state index contributed by atoms with van der Waals surface area (Å²) in [5.74, 6) is 0.232. The molecule has 3 heterocycles. The summed E-state index contributed by atoms with van der Waals surface area (Å²) in [4.78, 5) is 28.7. The van der Waals surface area contributed by atoms with Crippen LogP contribution in [-0.4, -0.2) is 26.6 Å². The van der Waals surface area contributed by atoms with Crippen molar-refractivity contribution in [3.05, 3.63) is 51.0 Å². The summed E-state index contributed by atoms with van der Waals surface area (Å²) in [5, 5.41) is 7.65. The van der Waals surface area contributed by atoms with Crippen LogP contribution >= 0.6 is 34.4 Å². The highest BCUT2D eigenvalue weighted by atomic mass is 32.2. The molecule has 0 bridgehead atoms. The Balaban J connectivity index is 1.29. The molecule has 0 spiro atoms. The minimum Gasteiger partial charge on any atom is -0.301 e. The number of aromatic nitrogens is 3. The van der Waals surface area contributed by atoms with Crippen LogP contribution in [0.2, 0.25) is 0 Å². The number of aryl methyl sites for hydroxylation is 5. The fraction of sp³-hybridized carbons (Fsp3) is 0.304. The highest BCUT2D eigenvalue weighted by molar-refractivity contribution is 8.00. The van der Waals surface area contributed by atoms with Gasteiger partial charge in [-0.15, -0.1) is 22.7 Å². The number of anilines is 1. The molecule has 5 nitrogen and oxygen atoms in total. The van der Waals surface area contributed by atoms with Gasteiger partial charge in [-0.25, -0.2) is 15.0 Å². The number of thioether (sulfide) groups is 1. The zero-order valence-corrected chi connectivity index (χ0v) is 20.1. The average molecular weight is 467 g/mol. The van der Waals surface area contributed by atoms with E-state index < -0.39 is 0 Å². The summed E-state index contributed by atoms with van der Waals surface area (Å²) in [6, 6.07) is 4.33. The van der Waals surface area contributed by atoms with E-state index in [-0.39, 0.29) is 5.91 Å². The molecule has 1 aliphatic rings. The van der Waals surface area contributed by atoms with E-state index in [1.807, 2.05) is 5.38 Å². The molecule has 0 unspecified atom stereocenters. The van der Waals surface area contributed by atoms with E-state index >= 15 is 0 Å². The van der Waals surface area contributed by atoms with E-state index in [4.69, 9.17) is 0 Å². The van der Waals surface area contributed by atoms with Crippen LogP contribution in [0.4, 0.5) is 5.13 Å². The van der Waals surface area contributed by atoms with Gasteiger partial charge in [0.1, 0.15) is 16.2 Å². The van der Waals surface area contributed by atoms with Crippen molar-refractivity contribution in [3.63, 3.8) is 0 Å². The first-order chi connectivity index (χ1) is 15.0. The highest BCUT2D eigenvalue weighted by Gasteiger charge is 2.22. The molecule has 0 radical (unpaired) electrons. The van der Waals surface area contributed by atoms with Crippen LogP contribution in [-0.2, 0) is 17.6 Å². The standard InChI is InChI=1S/C23H22N4OS3/c1-12-7-13(2)19(14(3)8-12)16-9-30-23(26-16)27-18(28)10-29-21-20-15-5-4-6-17(15)31-22(20)25-11-24-21/h7-9,11H,4-6,10H2,1-3H3,(H,26,27,28). The maximum atomic E-state index is 12.6. The van der Waals surface area contributed by atoms with Crippen molar-refractivity contribution >= 4 is 55.7 Å². The van der Waals surface area contributed by atoms with Gasteiger partial charge in [0, 0.05) is 21.2 Å². The van der Waals surface area contributed by atoms with Gasteiger partial charge in [-0.2, -0.15) is 0 Å². The smallest absolute Gasteiger partial charge is 0.236 e. The summed E-state index contributed by atoms with van der Waals surface area (Å²) in [5.41, 5.74) is 7.09. The van der Waals surface area contributed by atoms with Crippen molar-refractivity contribution in [2.45, 2.75) is 45.1 Å². The second-order valence-corrected chi connectivity index (χ2v) is 10.8. The monoisotopic (exact) mass is 466 g/mol. The van der Waals surface area contributed by atoms with Gasteiger partial charge in [-0.1, -0.05) is 29.5 Å². The topological polar surface area (TPSA) is 67.8 Å². The summed E-state index contributed by atoms with van der Waals surface area (Å²) >= 11 is 4.71. The van der Waals surface area contributed by atoms with Gasteiger partial charge >= 0.3 is 0 Å². The number of thiophene rings is 1. The molecule has 1 N–H and O–H groups in total. The molecular formula is C23H22N4OS3. The van der Waals surface area contributed by atoms with Crippen molar-refractivity contribution in [3.8, 4) is 11.3 Å². The van der Waals surface area contributed by atoms with E-state index in [9.17, 15) is 4.79 Å². The molecule has 3 aromatic heterocycles. The fourth-order valence-corrected chi connectivity index (χ4v) is 7.17. The van der Waals surface area contributed by atoms with Crippen molar-refractivity contribution in [1.82, 2.24) is 15.0 Å². The maximum Gasteiger partial charge on any atom is 0.236 e. The number of hydrogen-bond acceptors (Lipinski definition) is 7. The molecule has 31 heavy (non-hydrogen) atoms. The number of carbonyl (C=O) groups is 1. The van der Waals surface area contributed by atoms with Crippen LogP contribution in [0.15, 0.2) is 28.9 Å². The first-order valence-electron chi connectivity index (χ1n) is 10.2. The van der Waals surface area contributed by atoms with Crippen LogP contribution in [0, 0.1) is 20.8 Å². The van der Waals surface area contributed by atoms with Gasteiger partial charge < -0.3 is 5.32 Å². The second-order valence-electron chi connectivity index (χ2n) is 7.86. The third kappa shape index (κ3) is 4.00. The van der Waals surface area contributed by atoms with Gasteiger partial charge in [-0.3, -0.25) is 4.79 Å². The Hall–Kier alpha value is -2.29. The quantitative estimate of drug-likeness (QED) is 0.290. The second kappa shape index (κ2) is 8.33. The highest BCUT2D eigenvalue weighted by Crippen LogP contribution is 2.40. The van der Waals surface area contributed by atoms with E-state index in [0.717, 1.165) is 39.3 Å². The Bertz CT molecular complexity index is 1280. The molecule has 0 atom stereocenters. The molecule has 5 rings (SSSR count). The van der Waals surface area contributed by atoms with Crippen molar-refractivity contribution < 1.29 is 4.79 Å². The minimum atomic E-state index is -0.0677. The predicted molar refractivity (Wildman–Crippen MR) is 131 cm³/mol. The number of benzene rings is 1. The molecule has 1 aliphatic carbocycles. The first-order valence-corrected chi connectivity index (χ1v) is 12.9. The lowest BCUT2D eigenvalue weighted by atomic mass is 9.98. The summed E-state index contributed by atoms with van der Waals surface area (Å²) in [6.07, 6.45) is 5.02. The molecule has 158 valence electrons. The van der Waals surface area contributed by atoms with Crippen molar-refractivity contribution in [2.24, 2.45) is 0 Å². The third-order valence-electron chi connectivity index (χ3n) is 5.49. The lowest BCUT2D eigenvalue weighted by Crippen LogP contribution is -2.14. The van der Waals surface area contributed by atoms with Crippen LogP contribution in [0.5, 0.6) is 0 Å². The van der Waals surface area contributed by atoms with E-state index in [1.165, 1.54) is 56.7 Å². The van der Waals surface area contributed by atoms with Crippen LogP contribution in [0.25, 0.3) is 21.5 Å². The number of amides is 1. The first kappa shape index (κ1) is 20.6. The van der Waals surface area contributed by atoms with E-state index in [2.05, 4.69) is 53.2 Å². The maximum absolute atomic E-state index is 12.6. The number of nitrogens with zero attached hydrogens (tertiary/aromatic N) is 3. The lowest BCUT2D eigenvalue weighted by molar-refractivity contribution is -0.113. The minimum absolute atomic E-state index is 0.0677. The third-order valence-corrected chi connectivity index (χ3v) is 8.44. The predicted octanol–water partition coefficient (Wildman–Crippen LogP) is 5.96. The molecule has 0 saturated carbocycles. The molecule has 4 aromatic rings. The molecule has 1 aromatic carbocycles. The average Bonchev–Trinajstić information content (AvgIpc) is 3.42. The largest absolute Gasteiger partial charge is 0.301 e.